The van der Waals surface area contributed by atoms with E-state index in [-0.39, 0.29) is 22.8 Å². The molecule has 1 unspecified atom stereocenters. The molecule has 1 aliphatic rings. The van der Waals surface area contributed by atoms with Crippen LogP contribution in [0.5, 0.6) is 0 Å². The number of alkyl halides is 1. The van der Waals surface area contributed by atoms with Crippen LogP contribution in [-0.2, 0) is 4.79 Å². The fourth-order valence-corrected chi connectivity index (χ4v) is 2.63. The Morgan fingerprint density at radius 3 is 2.43 bits per heavy atom. The van der Waals surface area contributed by atoms with Crippen molar-refractivity contribution in [2.24, 2.45) is 11.3 Å². The second-order valence-corrected chi connectivity index (χ2v) is 6.35. The first-order valence-electron chi connectivity index (χ1n) is 5.16. The molecule has 1 saturated carbocycles. The molecule has 1 amide bonds. The van der Waals surface area contributed by atoms with Crippen molar-refractivity contribution in [3.63, 3.8) is 0 Å². The van der Waals surface area contributed by atoms with Crippen molar-refractivity contribution < 1.29 is 4.79 Å². The molecular weight excluding hydrogens is 242 g/mol. The zero-order chi connectivity index (χ0) is 11.0. The Kier molecular flexibility index (Phi) is 3.30. The maximum absolute atomic E-state index is 11.8. The van der Waals surface area contributed by atoms with Crippen molar-refractivity contribution in [1.29, 1.82) is 0 Å². The van der Waals surface area contributed by atoms with Crippen LogP contribution >= 0.6 is 15.9 Å². The van der Waals surface area contributed by atoms with Crippen molar-refractivity contribution in [3.05, 3.63) is 0 Å². The number of halogens is 1. The van der Waals surface area contributed by atoms with Gasteiger partial charge in [0.2, 0.25) is 5.91 Å². The second kappa shape index (κ2) is 3.84. The van der Waals surface area contributed by atoms with E-state index in [0.717, 1.165) is 18.2 Å². The maximum atomic E-state index is 11.8. The SMILES string of the molecule is CC(C)(CCBr)NC(=O)C1CC1(C)C. The molecule has 0 saturated heterocycles. The number of amides is 1. The molecule has 0 bridgehead atoms. The lowest BCUT2D eigenvalue weighted by Gasteiger charge is -2.25. The highest BCUT2D eigenvalue weighted by molar-refractivity contribution is 9.09. The molecule has 0 aliphatic heterocycles. The zero-order valence-electron chi connectivity index (χ0n) is 9.48. The van der Waals surface area contributed by atoms with Gasteiger partial charge in [-0.3, -0.25) is 4.79 Å². The first-order chi connectivity index (χ1) is 6.28. The molecule has 1 N–H and O–H groups in total. The van der Waals surface area contributed by atoms with E-state index in [1.54, 1.807) is 0 Å². The number of carbonyl (C=O) groups excluding carboxylic acids is 1. The van der Waals surface area contributed by atoms with Gasteiger partial charge < -0.3 is 5.32 Å². The van der Waals surface area contributed by atoms with Gasteiger partial charge in [-0.2, -0.15) is 0 Å². The van der Waals surface area contributed by atoms with Crippen molar-refractivity contribution in [2.45, 2.75) is 46.1 Å². The van der Waals surface area contributed by atoms with Gasteiger partial charge in [0.05, 0.1) is 0 Å². The van der Waals surface area contributed by atoms with Gasteiger partial charge in [-0.1, -0.05) is 29.8 Å². The van der Waals surface area contributed by atoms with E-state index < -0.39 is 0 Å². The number of rotatable bonds is 4. The predicted molar refractivity (Wildman–Crippen MR) is 62.5 cm³/mol. The molecule has 0 heterocycles. The Bertz CT molecular complexity index is 235. The van der Waals surface area contributed by atoms with Gasteiger partial charge in [0, 0.05) is 16.8 Å². The third kappa shape index (κ3) is 2.97. The summed E-state index contributed by atoms with van der Waals surface area (Å²) in [6.45, 7) is 8.44. The largest absolute Gasteiger partial charge is 0.351 e. The molecule has 0 aromatic heterocycles. The molecule has 0 aromatic carbocycles. The van der Waals surface area contributed by atoms with Crippen molar-refractivity contribution in [1.82, 2.24) is 5.32 Å². The van der Waals surface area contributed by atoms with Crippen molar-refractivity contribution >= 4 is 21.8 Å². The van der Waals surface area contributed by atoms with Gasteiger partial charge >= 0.3 is 0 Å². The Morgan fingerprint density at radius 2 is 2.07 bits per heavy atom. The lowest BCUT2D eigenvalue weighted by Crippen LogP contribution is -2.44. The van der Waals surface area contributed by atoms with Gasteiger partial charge in [0.15, 0.2) is 0 Å². The third-order valence-electron chi connectivity index (χ3n) is 3.01. The van der Waals surface area contributed by atoms with Gasteiger partial charge in [0.1, 0.15) is 0 Å². The summed E-state index contributed by atoms with van der Waals surface area (Å²) in [6.07, 6.45) is 2.00. The number of nitrogens with one attached hydrogen (secondary N) is 1. The minimum atomic E-state index is -0.0841. The minimum Gasteiger partial charge on any atom is -0.351 e. The molecule has 0 radical (unpaired) electrons. The van der Waals surface area contributed by atoms with Crippen LogP contribution < -0.4 is 5.32 Å². The van der Waals surface area contributed by atoms with E-state index >= 15 is 0 Å². The lowest BCUT2D eigenvalue weighted by atomic mass is 10.0. The van der Waals surface area contributed by atoms with E-state index in [2.05, 4.69) is 48.9 Å². The summed E-state index contributed by atoms with van der Waals surface area (Å²) in [7, 11) is 0. The fourth-order valence-electron chi connectivity index (χ4n) is 1.63. The van der Waals surface area contributed by atoms with Crippen molar-refractivity contribution in [3.8, 4) is 0 Å². The summed E-state index contributed by atoms with van der Waals surface area (Å²) in [4.78, 5) is 11.8. The minimum absolute atomic E-state index is 0.0841. The first kappa shape index (κ1) is 12.0. The van der Waals surface area contributed by atoms with Gasteiger partial charge in [0.25, 0.3) is 0 Å². The maximum Gasteiger partial charge on any atom is 0.224 e. The fraction of sp³-hybridized carbons (Fsp3) is 0.909. The molecule has 2 nitrogen and oxygen atoms in total. The van der Waals surface area contributed by atoms with Crippen LogP contribution in [0.4, 0.5) is 0 Å². The summed E-state index contributed by atoms with van der Waals surface area (Å²) in [5, 5.41) is 4.03. The summed E-state index contributed by atoms with van der Waals surface area (Å²) < 4.78 is 0. The first-order valence-corrected chi connectivity index (χ1v) is 6.29. The van der Waals surface area contributed by atoms with Crippen LogP contribution in [0.15, 0.2) is 0 Å². The zero-order valence-corrected chi connectivity index (χ0v) is 11.1. The van der Waals surface area contributed by atoms with E-state index in [1.165, 1.54) is 0 Å². The summed E-state index contributed by atoms with van der Waals surface area (Å²) >= 11 is 3.40. The Hall–Kier alpha value is -0.0500. The Morgan fingerprint density at radius 1 is 1.57 bits per heavy atom. The second-order valence-electron chi connectivity index (χ2n) is 5.56. The quantitative estimate of drug-likeness (QED) is 0.775. The number of hydrogen-bond acceptors (Lipinski definition) is 1. The molecule has 1 aliphatic carbocycles. The van der Waals surface area contributed by atoms with Crippen LogP contribution in [0.3, 0.4) is 0 Å². The molecule has 3 heteroatoms. The Labute approximate surface area is 95.0 Å². The smallest absolute Gasteiger partial charge is 0.224 e. The molecule has 82 valence electrons. The highest BCUT2D eigenvalue weighted by atomic mass is 79.9. The van der Waals surface area contributed by atoms with E-state index in [9.17, 15) is 4.79 Å². The topological polar surface area (TPSA) is 29.1 Å². The lowest BCUT2D eigenvalue weighted by molar-refractivity contribution is -0.124. The molecule has 14 heavy (non-hydrogen) atoms. The molecular formula is C11H20BrNO. The molecule has 0 spiro atoms. The molecule has 1 rings (SSSR count). The summed E-state index contributed by atoms with van der Waals surface area (Å²) in [5.41, 5.74) is 0.147. The molecule has 0 aromatic rings. The molecule has 1 atom stereocenters. The van der Waals surface area contributed by atoms with Gasteiger partial charge in [-0.25, -0.2) is 0 Å². The van der Waals surface area contributed by atoms with Crippen LogP contribution in [0.2, 0.25) is 0 Å². The average Bonchev–Trinajstić information content (AvgIpc) is 2.58. The van der Waals surface area contributed by atoms with Crippen molar-refractivity contribution in [2.75, 3.05) is 5.33 Å². The van der Waals surface area contributed by atoms with Crippen LogP contribution in [-0.4, -0.2) is 16.8 Å². The van der Waals surface area contributed by atoms with Gasteiger partial charge in [-0.05, 0) is 32.1 Å². The van der Waals surface area contributed by atoms with E-state index in [4.69, 9.17) is 0 Å². The predicted octanol–water partition coefficient (Wildman–Crippen LogP) is 2.71. The van der Waals surface area contributed by atoms with E-state index in [1.807, 2.05) is 0 Å². The normalized spacial score (nSPS) is 24.5. The van der Waals surface area contributed by atoms with Crippen LogP contribution in [0.1, 0.15) is 40.5 Å². The van der Waals surface area contributed by atoms with Crippen LogP contribution in [0.25, 0.3) is 0 Å². The highest BCUT2D eigenvalue weighted by Crippen LogP contribution is 2.51. The van der Waals surface area contributed by atoms with Gasteiger partial charge in [-0.15, -0.1) is 0 Å². The average molecular weight is 262 g/mol. The Balaban J connectivity index is 2.42. The van der Waals surface area contributed by atoms with E-state index in [0.29, 0.717) is 0 Å². The highest BCUT2D eigenvalue weighted by Gasteiger charge is 2.51. The summed E-state index contributed by atoms with van der Waals surface area (Å²) in [5.74, 6) is 0.457. The monoisotopic (exact) mass is 261 g/mol. The third-order valence-corrected chi connectivity index (χ3v) is 3.41. The van der Waals surface area contributed by atoms with Crippen LogP contribution in [0, 0.1) is 11.3 Å². The standard InChI is InChI=1S/C11H20BrNO/c1-10(2)7-8(10)9(14)13-11(3,4)5-6-12/h8H,5-7H2,1-4H3,(H,13,14). The molecule has 1 fully saturated rings. The number of carbonyl (C=O) groups is 1. The summed E-state index contributed by atoms with van der Waals surface area (Å²) in [6, 6.07) is 0. The number of hydrogen-bond donors (Lipinski definition) is 1.